The molecule has 0 aromatic heterocycles. The Hall–Kier alpha value is -3.55. The molecule has 2 aromatic rings. The fraction of sp³-hybridized carbons (Fsp3) is 0.467. The summed E-state index contributed by atoms with van der Waals surface area (Å²) in [7, 11) is 0. The first kappa shape index (κ1) is 27.5. The second kappa shape index (κ2) is 11.1. The molecule has 0 bridgehead atoms. The molecule has 0 spiro atoms. The van der Waals surface area contributed by atoms with Crippen molar-refractivity contribution in [3.05, 3.63) is 65.0 Å². The van der Waals surface area contributed by atoms with Crippen LogP contribution >= 0.6 is 0 Å². The number of rotatable bonds is 10. The molecule has 38 heavy (non-hydrogen) atoms. The molecule has 3 amide bonds. The van der Waals surface area contributed by atoms with E-state index in [1.54, 1.807) is 12.1 Å². The Bertz CT molecular complexity index is 1240. The van der Waals surface area contributed by atoms with Crippen LogP contribution in [-0.2, 0) is 27.2 Å². The third-order valence-electron chi connectivity index (χ3n) is 7.03. The Morgan fingerprint density at radius 3 is 2.37 bits per heavy atom. The molecule has 8 heteroatoms. The highest BCUT2D eigenvalue weighted by Gasteiger charge is 2.50. The van der Waals surface area contributed by atoms with Gasteiger partial charge in [-0.3, -0.25) is 19.4 Å². The Labute approximate surface area is 223 Å². The van der Waals surface area contributed by atoms with E-state index < -0.39 is 11.6 Å². The van der Waals surface area contributed by atoms with Crippen molar-refractivity contribution in [2.45, 2.75) is 89.8 Å². The minimum absolute atomic E-state index is 0.103. The number of nitrogens with zero attached hydrogens (tertiary/aromatic N) is 1. The summed E-state index contributed by atoms with van der Waals surface area (Å²) in [5, 5.41) is 8.91. The molecule has 1 aliphatic carbocycles. The number of aryl methyl sites for hydroxylation is 2. The van der Waals surface area contributed by atoms with Crippen LogP contribution in [0.4, 0.5) is 10.1 Å². The van der Waals surface area contributed by atoms with E-state index in [0.29, 0.717) is 12.8 Å². The van der Waals surface area contributed by atoms with Crippen LogP contribution in [0.15, 0.2) is 47.5 Å². The van der Waals surface area contributed by atoms with Crippen molar-refractivity contribution in [3.8, 4) is 0 Å². The van der Waals surface area contributed by atoms with E-state index >= 15 is 0 Å². The van der Waals surface area contributed by atoms with Gasteiger partial charge in [0, 0.05) is 30.5 Å². The lowest BCUT2D eigenvalue weighted by atomic mass is 9.99. The third-order valence-corrected chi connectivity index (χ3v) is 7.03. The third kappa shape index (κ3) is 7.05. The number of aliphatic imine (C=N–C) groups is 1. The fourth-order valence-electron chi connectivity index (χ4n) is 4.78. The lowest BCUT2D eigenvalue weighted by Gasteiger charge is -2.25. The number of hydrogen-bond acceptors (Lipinski definition) is 4. The summed E-state index contributed by atoms with van der Waals surface area (Å²) in [4.78, 5) is 43.6. The van der Waals surface area contributed by atoms with Crippen LogP contribution < -0.4 is 16.0 Å². The molecule has 1 saturated carbocycles. The molecule has 1 fully saturated rings. The van der Waals surface area contributed by atoms with Gasteiger partial charge in [0.1, 0.15) is 11.9 Å². The SMILES string of the molecule is Cc1cccc2c1CC(C1(NC(=O)[C@H](CCC(=O)NC(C)(C)C)NC(=O)CCc3ccc(F)cc3)CC1)=N2. The van der Waals surface area contributed by atoms with Crippen LogP contribution in [0.2, 0.25) is 0 Å². The number of hydrogen-bond donors (Lipinski definition) is 3. The minimum atomic E-state index is -0.856. The van der Waals surface area contributed by atoms with Crippen molar-refractivity contribution in [1.29, 1.82) is 0 Å². The Balaban J connectivity index is 1.41. The summed E-state index contributed by atoms with van der Waals surface area (Å²) in [6.45, 7) is 7.75. The first-order valence-electron chi connectivity index (χ1n) is 13.3. The van der Waals surface area contributed by atoms with Crippen LogP contribution in [0, 0.1) is 12.7 Å². The molecule has 1 heterocycles. The van der Waals surface area contributed by atoms with Crippen LogP contribution in [-0.4, -0.2) is 40.6 Å². The van der Waals surface area contributed by atoms with E-state index in [4.69, 9.17) is 4.99 Å². The molecule has 2 aliphatic rings. The summed E-state index contributed by atoms with van der Waals surface area (Å²) in [6.07, 6.45) is 3.13. The van der Waals surface area contributed by atoms with E-state index in [0.717, 1.165) is 29.8 Å². The highest BCUT2D eigenvalue weighted by atomic mass is 19.1. The molecular weight excluding hydrogens is 483 g/mol. The van der Waals surface area contributed by atoms with Crippen molar-refractivity contribution in [2.24, 2.45) is 4.99 Å². The lowest BCUT2D eigenvalue weighted by Crippen LogP contribution is -2.53. The van der Waals surface area contributed by atoms with Gasteiger partial charge in [0.2, 0.25) is 17.7 Å². The fourth-order valence-corrected chi connectivity index (χ4v) is 4.78. The van der Waals surface area contributed by atoms with Gasteiger partial charge < -0.3 is 16.0 Å². The summed E-state index contributed by atoms with van der Waals surface area (Å²) in [6, 6.07) is 11.2. The molecule has 0 radical (unpaired) electrons. The van der Waals surface area contributed by atoms with E-state index in [9.17, 15) is 18.8 Å². The number of amides is 3. The van der Waals surface area contributed by atoms with Gasteiger partial charge in [0.15, 0.2) is 0 Å². The molecule has 4 rings (SSSR count). The number of carbonyl (C=O) groups is 3. The second-order valence-corrected chi connectivity index (χ2v) is 11.5. The van der Waals surface area contributed by atoms with Crippen molar-refractivity contribution in [3.63, 3.8) is 0 Å². The second-order valence-electron chi connectivity index (χ2n) is 11.5. The van der Waals surface area contributed by atoms with E-state index in [1.165, 1.54) is 23.3 Å². The van der Waals surface area contributed by atoms with Gasteiger partial charge >= 0.3 is 0 Å². The van der Waals surface area contributed by atoms with Crippen molar-refractivity contribution >= 4 is 29.1 Å². The van der Waals surface area contributed by atoms with Gasteiger partial charge in [0.05, 0.1) is 11.2 Å². The Morgan fingerprint density at radius 2 is 1.74 bits per heavy atom. The zero-order valence-corrected chi connectivity index (χ0v) is 22.6. The molecule has 0 unspecified atom stereocenters. The standard InChI is InChI=1S/C30H37FN4O3/c1-19-6-5-7-23-22(19)18-25(32-23)30(16-17-30)35-28(38)24(13-15-27(37)34-29(2,3)4)33-26(36)14-10-20-8-11-21(31)12-9-20/h5-9,11-12,24H,10,13-18H2,1-4H3,(H,33,36)(H,34,37)(H,35,38)/t24-/m0/s1. The maximum Gasteiger partial charge on any atom is 0.243 e. The van der Waals surface area contributed by atoms with Crippen molar-refractivity contribution in [2.75, 3.05) is 0 Å². The van der Waals surface area contributed by atoms with Crippen LogP contribution in [0.25, 0.3) is 0 Å². The first-order valence-corrected chi connectivity index (χ1v) is 13.3. The Morgan fingerprint density at radius 1 is 1.03 bits per heavy atom. The normalized spacial score (nSPS) is 16.2. The van der Waals surface area contributed by atoms with Crippen LogP contribution in [0.3, 0.4) is 0 Å². The zero-order chi connectivity index (χ0) is 27.5. The monoisotopic (exact) mass is 520 g/mol. The lowest BCUT2D eigenvalue weighted by molar-refractivity contribution is -0.130. The highest BCUT2D eigenvalue weighted by molar-refractivity contribution is 6.06. The van der Waals surface area contributed by atoms with Crippen molar-refractivity contribution < 1.29 is 18.8 Å². The number of carbonyl (C=O) groups excluding carboxylic acids is 3. The number of fused-ring (bicyclic) bond motifs is 1. The van der Waals surface area contributed by atoms with E-state index in [-0.39, 0.29) is 48.3 Å². The predicted molar refractivity (Wildman–Crippen MR) is 146 cm³/mol. The van der Waals surface area contributed by atoms with Gasteiger partial charge in [-0.25, -0.2) is 4.39 Å². The number of halogens is 1. The molecule has 2 aromatic carbocycles. The number of benzene rings is 2. The first-order chi connectivity index (χ1) is 17.9. The van der Waals surface area contributed by atoms with Gasteiger partial charge in [-0.05, 0) is 88.3 Å². The summed E-state index contributed by atoms with van der Waals surface area (Å²) in [5.74, 6) is -1.11. The van der Waals surface area contributed by atoms with E-state index in [2.05, 4.69) is 28.9 Å². The average molecular weight is 521 g/mol. The predicted octanol–water partition coefficient (Wildman–Crippen LogP) is 4.22. The quantitative estimate of drug-likeness (QED) is 0.437. The molecule has 0 saturated heterocycles. The van der Waals surface area contributed by atoms with Gasteiger partial charge in [-0.15, -0.1) is 0 Å². The molecule has 1 atom stereocenters. The minimum Gasteiger partial charge on any atom is -0.352 e. The maximum absolute atomic E-state index is 13.5. The van der Waals surface area contributed by atoms with Crippen LogP contribution in [0.1, 0.15) is 69.6 Å². The largest absolute Gasteiger partial charge is 0.352 e. The molecule has 7 nitrogen and oxygen atoms in total. The molecular formula is C30H37FN4O3. The smallest absolute Gasteiger partial charge is 0.243 e. The summed E-state index contributed by atoms with van der Waals surface area (Å²) < 4.78 is 13.2. The summed E-state index contributed by atoms with van der Waals surface area (Å²) >= 11 is 0. The van der Waals surface area contributed by atoms with E-state index in [1.807, 2.05) is 32.9 Å². The van der Waals surface area contributed by atoms with Crippen LogP contribution in [0.5, 0.6) is 0 Å². The Kier molecular flexibility index (Phi) is 7.99. The number of nitrogens with one attached hydrogen (secondary N) is 3. The average Bonchev–Trinajstić information content (AvgIpc) is 3.47. The van der Waals surface area contributed by atoms with Gasteiger partial charge in [0.25, 0.3) is 0 Å². The molecule has 1 aliphatic heterocycles. The highest BCUT2D eigenvalue weighted by Crippen LogP contribution is 2.43. The van der Waals surface area contributed by atoms with Crippen molar-refractivity contribution in [1.82, 2.24) is 16.0 Å². The van der Waals surface area contributed by atoms with Gasteiger partial charge in [-0.2, -0.15) is 0 Å². The van der Waals surface area contributed by atoms with Gasteiger partial charge in [-0.1, -0.05) is 24.3 Å². The molecule has 3 N–H and O–H groups in total. The zero-order valence-electron chi connectivity index (χ0n) is 22.6. The summed E-state index contributed by atoms with van der Waals surface area (Å²) in [5.41, 5.74) is 4.20. The topological polar surface area (TPSA) is 99.7 Å². The molecule has 202 valence electrons. The maximum atomic E-state index is 13.5.